The second kappa shape index (κ2) is 4.13. The van der Waals surface area contributed by atoms with Crippen molar-refractivity contribution in [2.45, 2.75) is 35.6 Å². The van der Waals surface area contributed by atoms with Crippen molar-refractivity contribution < 1.29 is 9.90 Å². The molecule has 1 aliphatic rings. The molecule has 4 heteroatoms. The molecule has 3 nitrogen and oxygen atoms in total. The quantitative estimate of drug-likeness (QED) is 0.565. The number of amides is 1. The molecule has 1 rings (SSSR count). The lowest BCUT2D eigenvalue weighted by atomic mass is 9.96. The van der Waals surface area contributed by atoms with Crippen molar-refractivity contribution in [3.05, 3.63) is 0 Å². The van der Waals surface area contributed by atoms with Gasteiger partial charge >= 0.3 is 6.09 Å². The highest BCUT2D eigenvalue weighted by Crippen LogP contribution is 2.24. The second-order valence-corrected chi connectivity index (χ2v) is 4.66. The van der Waals surface area contributed by atoms with Gasteiger partial charge in [-0.1, -0.05) is 22.6 Å². The Morgan fingerprint density at radius 1 is 1.36 bits per heavy atom. The maximum Gasteiger partial charge on any atom is 0.404 e. The van der Waals surface area contributed by atoms with Crippen LogP contribution >= 0.6 is 22.6 Å². The average molecular weight is 269 g/mol. The fourth-order valence-corrected chi connectivity index (χ4v) is 2.09. The van der Waals surface area contributed by atoms with Gasteiger partial charge in [0.15, 0.2) is 0 Å². The number of carboxylic acid groups (broad SMARTS) is 1. The molecule has 1 amide bonds. The van der Waals surface area contributed by atoms with Gasteiger partial charge in [0.1, 0.15) is 0 Å². The zero-order valence-corrected chi connectivity index (χ0v) is 8.37. The zero-order valence-electron chi connectivity index (χ0n) is 6.22. The lowest BCUT2D eigenvalue weighted by Gasteiger charge is -2.24. The molecule has 0 aliphatic heterocycles. The summed E-state index contributed by atoms with van der Waals surface area (Å²) in [6, 6.07) is 0.207. The zero-order chi connectivity index (χ0) is 8.27. The minimum atomic E-state index is -0.887. The molecule has 0 bridgehead atoms. The van der Waals surface area contributed by atoms with E-state index in [0.29, 0.717) is 0 Å². The van der Waals surface area contributed by atoms with Crippen LogP contribution in [0.25, 0.3) is 0 Å². The summed E-state index contributed by atoms with van der Waals surface area (Å²) in [4.78, 5) is 10.2. The lowest BCUT2D eigenvalue weighted by molar-refractivity contribution is 0.186. The first-order valence-corrected chi connectivity index (χ1v) is 5.06. The van der Waals surface area contributed by atoms with Crippen molar-refractivity contribution in [1.29, 1.82) is 0 Å². The molecule has 11 heavy (non-hydrogen) atoms. The topological polar surface area (TPSA) is 49.3 Å². The van der Waals surface area contributed by atoms with E-state index < -0.39 is 6.09 Å². The van der Waals surface area contributed by atoms with E-state index in [1.54, 1.807) is 0 Å². The van der Waals surface area contributed by atoms with E-state index >= 15 is 0 Å². The Balaban J connectivity index is 2.22. The van der Waals surface area contributed by atoms with E-state index in [9.17, 15) is 4.79 Å². The first-order valence-electron chi connectivity index (χ1n) is 3.82. The molecule has 0 spiro atoms. The van der Waals surface area contributed by atoms with Gasteiger partial charge in [-0.25, -0.2) is 4.79 Å². The Morgan fingerprint density at radius 3 is 2.36 bits per heavy atom. The molecular formula is C7H12INO2. The molecule has 0 aromatic rings. The molecule has 0 aromatic heterocycles. The first-order chi connectivity index (χ1) is 5.18. The molecule has 0 aromatic carbocycles. The SMILES string of the molecule is O=C(O)NC1CCC(I)CC1. The summed E-state index contributed by atoms with van der Waals surface area (Å²) in [5.41, 5.74) is 0. The van der Waals surface area contributed by atoms with Crippen LogP contribution in [-0.4, -0.2) is 21.2 Å². The molecule has 1 saturated carbocycles. The van der Waals surface area contributed by atoms with Crippen LogP contribution in [0.2, 0.25) is 0 Å². The van der Waals surface area contributed by atoms with Crippen molar-refractivity contribution in [2.24, 2.45) is 0 Å². The van der Waals surface area contributed by atoms with E-state index in [1.807, 2.05) is 0 Å². The Morgan fingerprint density at radius 2 is 1.91 bits per heavy atom. The summed E-state index contributed by atoms with van der Waals surface area (Å²) in [6.07, 6.45) is 3.40. The summed E-state index contributed by atoms with van der Waals surface area (Å²) in [5.74, 6) is 0. The van der Waals surface area contributed by atoms with Gasteiger partial charge in [-0.15, -0.1) is 0 Å². The predicted octanol–water partition coefficient (Wildman–Crippen LogP) is 2.00. The smallest absolute Gasteiger partial charge is 0.404 e. The largest absolute Gasteiger partial charge is 0.465 e. The molecular weight excluding hydrogens is 257 g/mol. The predicted molar refractivity (Wildman–Crippen MR) is 51.2 cm³/mol. The monoisotopic (exact) mass is 269 g/mol. The van der Waals surface area contributed by atoms with E-state index in [0.717, 1.165) is 29.6 Å². The first kappa shape index (κ1) is 9.09. The molecule has 2 N–H and O–H groups in total. The highest BCUT2D eigenvalue weighted by atomic mass is 127. The van der Waals surface area contributed by atoms with E-state index in [4.69, 9.17) is 5.11 Å². The Labute approximate surface area is 79.7 Å². The van der Waals surface area contributed by atoms with Gasteiger partial charge < -0.3 is 10.4 Å². The number of hydrogen-bond acceptors (Lipinski definition) is 1. The van der Waals surface area contributed by atoms with Crippen molar-refractivity contribution in [3.8, 4) is 0 Å². The third kappa shape index (κ3) is 3.27. The van der Waals surface area contributed by atoms with E-state index in [-0.39, 0.29) is 6.04 Å². The van der Waals surface area contributed by atoms with Crippen molar-refractivity contribution in [3.63, 3.8) is 0 Å². The molecule has 1 fully saturated rings. The number of carbonyl (C=O) groups is 1. The van der Waals surface area contributed by atoms with E-state index in [2.05, 4.69) is 27.9 Å². The fourth-order valence-electron chi connectivity index (χ4n) is 1.37. The molecule has 64 valence electrons. The summed E-state index contributed by atoms with van der Waals surface area (Å²) >= 11 is 2.43. The maximum absolute atomic E-state index is 10.2. The highest BCUT2D eigenvalue weighted by Gasteiger charge is 2.19. The van der Waals surface area contributed by atoms with Crippen LogP contribution in [0.4, 0.5) is 4.79 Å². The minimum absolute atomic E-state index is 0.207. The normalized spacial score (nSPS) is 31.4. The Hall–Kier alpha value is 0. The van der Waals surface area contributed by atoms with Crippen molar-refractivity contribution >= 4 is 28.7 Å². The van der Waals surface area contributed by atoms with Crippen LogP contribution in [0.15, 0.2) is 0 Å². The number of nitrogens with one attached hydrogen (secondary N) is 1. The second-order valence-electron chi connectivity index (χ2n) is 2.90. The van der Waals surface area contributed by atoms with Crippen LogP contribution in [0.1, 0.15) is 25.7 Å². The van der Waals surface area contributed by atoms with Gasteiger partial charge in [-0.2, -0.15) is 0 Å². The third-order valence-corrected chi connectivity index (χ3v) is 3.23. The van der Waals surface area contributed by atoms with Gasteiger partial charge in [0.25, 0.3) is 0 Å². The highest BCUT2D eigenvalue weighted by molar-refractivity contribution is 14.1. The van der Waals surface area contributed by atoms with Gasteiger partial charge in [-0.05, 0) is 25.7 Å². The van der Waals surface area contributed by atoms with Gasteiger partial charge in [-0.3, -0.25) is 0 Å². The Bertz CT molecular complexity index is 143. The van der Waals surface area contributed by atoms with Gasteiger partial charge in [0.2, 0.25) is 0 Å². The third-order valence-electron chi connectivity index (χ3n) is 1.98. The van der Waals surface area contributed by atoms with E-state index in [1.165, 1.54) is 0 Å². The van der Waals surface area contributed by atoms with Crippen LogP contribution in [0.3, 0.4) is 0 Å². The molecule has 0 unspecified atom stereocenters. The van der Waals surface area contributed by atoms with Crippen molar-refractivity contribution in [2.75, 3.05) is 0 Å². The van der Waals surface area contributed by atoms with Crippen LogP contribution < -0.4 is 5.32 Å². The van der Waals surface area contributed by atoms with Crippen molar-refractivity contribution in [1.82, 2.24) is 5.32 Å². The summed E-state index contributed by atoms with van der Waals surface area (Å²) < 4.78 is 0.749. The number of rotatable bonds is 1. The summed E-state index contributed by atoms with van der Waals surface area (Å²) in [6.45, 7) is 0. The average Bonchev–Trinajstić information content (AvgIpc) is 1.93. The maximum atomic E-state index is 10.2. The van der Waals surface area contributed by atoms with Gasteiger partial charge in [0, 0.05) is 9.97 Å². The molecule has 0 atom stereocenters. The Kier molecular flexibility index (Phi) is 3.42. The number of hydrogen-bond donors (Lipinski definition) is 2. The number of halogens is 1. The summed E-state index contributed by atoms with van der Waals surface area (Å²) in [5, 5.41) is 10.9. The molecule has 0 radical (unpaired) electrons. The van der Waals surface area contributed by atoms with Crippen LogP contribution in [0, 0.1) is 0 Å². The van der Waals surface area contributed by atoms with Crippen LogP contribution in [0.5, 0.6) is 0 Å². The van der Waals surface area contributed by atoms with Crippen LogP contribution in [-0.2, 0) is 0 Å². The van der Waals surface area contributed by atoms with Gasteiger partial charge in [0.05, 0.1) is 0 Å². The summed E-state index contributed by atoms with van der Waals surface area (Å²) in [7, 11) is 0. The molecule has 0 heterocycles. The minimum Gasteiger partial charge on any atom is -0.465 e. The molecule has 1 aliphatic carbocycles. The number of alkyl halides is 1. The lowest BCUT2D eigenvalue weighted by Crippen LogP contribution is -2.36. The molecule has 0 saturated heterocycles. The standard InChI is InChI=1S/C7H12INO2/c8-5-1-3-6(4-2-5)9-7(10)11/h5-6,9H,1-4H2,(H,10,11). The fraction of sp³-hybridized carbons (Fsp3) is 0.857.